The molecule has 1 fully saturated rings. The lowest BCUT2D eigenvalue weighted by Gasteiger charge is -1.96. The van der Waals surface area contributed by atoms with Crippen molar-refractivity contribution in [3.63, 3.8) is 0 Å². The molecule has 7 heteroatoms. The van der Waals surface area contributed by atoms with Crippen molar-refractivity contribution in [2.45, 2.75) is 6.42 Å². The first kappa shape index (κ1) is 10.0. The highest BCUT2D eigenvalue weighted by molar-refractivity contribution is 5.73. The van der Waals surface area contributed by atoms with Crippen molar-refractivity contribution in [3.8, 4) is 0 Å². The number of imidazole rings is 1. The molecule has 88 valence electrons. The van der Waals surface area contributed by atoms with Gasteiger partial charge in [-0.1, -0.05) is 0 Å². The first-order chi connectivity index (χ1) is 8.19. The Labute approximate surface area is 95.6 Å². The average Bonchev–Trinajstić information content (AvgIpc) is 2.92. The zero-order valence-corrected chi connectivity index (χ0v) is 8.92. The number of nitrogens with zero attached hydrogens (tertiary/aromatic N) is 3. The molecule has 2 aromatic rings. The summed E-state index contributed by atoms with van der Waals surface area (Å²) < 4.78 is 1.66. The Morgan fingerprint density at radius 2 is 2.53 bits per heavy atom. The van der Waals surface area contributed by atoms with Crippen molar-refractivity contribution in [2.24, 2.45) is 5.92 Å². The van der Waals surface area contributed by atoms with Gasteiger partial charge >= 0.3 is 0 Å². The Bertz CT molecular complexity index is 669. The molecule has 1 aliphatic carbocycles. The smallest absolute Gasteiger partial charge is 0.280 e. The van der Waals surface area contributed by atoms with Crippen molar-refractivity contribution in [2.75, 3.05) is 12.3 Å². The monoisotopic (exact) mass is 233 g/mol. The van der Waals surface area contributed by atoms with Gasteiger partial charge in [0.05, 0.1) is 0 Å². The van der Waals surface area contributed by atoms with Gasteiger partial charge < -0.3 is 10.8 Å². The van der Waals surface area contributed by atoms with Gasteiger partial charge in [0.1, 0.15) is 6.33 Å². The second kappa shape index (κ2) is 3.42. The minimum atomic E-state index is -0.348. The van der Waals surface area contributed by atoms with Crippen LogP contribution in [-0.2, 0) is 0 Å². The van der Waals surface area contributed by atoms with Crippen LogP contribution in [0.4, 0.5) is 5.95 Å². The number of hydrogen-bond donors (Lipinski definition) is 3. The number of aliphatic hydroxyl groups excluding tert-OH is 1. The van der Waals surface area contributed by atoms with Gasteiger partial charge in [0.25, 0.3) is 5.56 Å². The molecule has 1 atom stereocenters. The van der Waals surface area contributed by atoms with Gasteiger partial charge in [-0.2, -0.15) is 4.98 Å². The average molecular weight is 233 g/mol. The zero-order chi connectivity index (χ0) is 12.0. The predicted octanol–water partition coefficient (Wildman–Crippen LogP) is -0.445. The Kier molecular flexibility index (Phi) is 2.02. The van der Waals surface area contributed by atoms with E-state index in [2.05, 4.69) is 15.0 Å². The van der Waals surface area contributed by atoms with E-state index in [0.29, 0.717) is 5.65 Å². The summed E-state index contributed by atoms with van der Waals surface area (Å²) in [7, 11) is 0. The van der Waals surface area contributed by atoms with Gasteiger partial charge in [-0.05, 0) is 12.0 Å². The highest BCUT2D eigenvalue weighted by Crippen LogP contribution is 2.37. The molecule has 0 aromatic carbocycles. The van der Waals surface area contributed by atoms with E-state index in [0.717, 1.165) is 12.0 Å². The molecule has 1 aliphatic rings. The Morgan fingerprint density at radius 1 is 1.71 bits per heavy atom. The van der Waals surface area contributed by atoms with Crippen LogP contribution in [0.2, 0.25) is 0 Å². The molecule has 4 N–H and O–H groups in total. The second-order valence-corrected chi connectivity index (χ2v) is 4.06. The number of fused-ring (bicyclic) bond motifs is 1. The van der Waals surface area contributed by atoms with E-state index in [1.807, 2.05) is 6.20 Å². The molecule has 0 amide bonds. The second-order valence-electron chi connectivity index (χ2n) is 4.06. The number of nitrogens with one attached hydrogen (secondary N) is 1. The largest absolute Gasteiger partial charge is 0.396 e. The van der Waals surface area contributed by atoms with Gasteiger partial charge in [-0.15, -0.1) is 0 Å². The number of rotatable bonds is 2. The Hall–Kier alpha value is -2.15. The van der Waals surface area contributed by atoms with Gasteiger partial charge in [0.15, 0.2) is 11.2 Å². The van der Waals surface area contributed by atoms with Gasteiger partial charge in [-0.3, -0.25) is 14.3 Å². The number of aromatic amines is 1. The molecule has 0 aliphatic heterocycles. The molecule has 0 radical (unpaired) electrons. The van der Waals surface area contributed by atoms with Crippen LogP contribution >= 0.6 is 0 Å². The van der Waals surface area contributed by atoms with E-state index in [-0.39, 0.29) is 29.5 Å². The third kappa shape index (κ3) is 1.60. The first-order valence-electron chi connectivity index (χ1n) is 5.23. The van der Waals surface area contributed by atoms with Gasteiger partial charge in [0, 0.05) is 18.7 Å². The highest BCUT2D eigenvalue weighted by atomic mass is 16.3. The lowest BCUT2D eigenvalue weighted by Crippen LogP contribution is -2.11. The molecule has 1 saturated carbocycles. The molecule has 2 aromatic heterocycles. The number of aliphatic hydroxyl groups is 1. The summed E-state index contributed by atoms with van der Waals surface area (Å²) in [6, 6.07) is 0. The minimum Gasteiger partial charge on any atom is -0.396 e. The third-order valence-corrected chi connectivity index (χ3v) is 2.82. The highest BCUT2D eigenvalue weighted by Gasteiger charge is 2.28. The summed E-state index contributed by atoms with van der Waals surface area (Å²) in [5, 5.41) is 8.95. The summed E-state index contributed by atoms with van der Waals surface area (Å²) in [5.41, 5.74) is 6.95. The van der Waals surface area contributed by atoms with E-state index >= 15 is 0 Å². The predicted molar refractivity (Wildman–Crippen MR) is 62.0 cm³/mol. The molecular formula is C10H11N5O2. The third-order valence-electron chi connectivity index (χ3n) is 2.82. The van der Waals surface area contributed by atoms with Crippen LogP contribution in [0.25, 0.3) is 17.4 Å². The molecule has 0 bridgehead atoms. The van der Waals surface area contributed by atoms with Crippen LogP contribution in [-0.4, -0.2) is 31.2 Å². The molecule has 0 unspecified atom stereocenters. The molecule has 0 saturated heterocycles. The Balaban J connectivity index is 2.13. The fourth-order valence-electron chi connectivity index (χ4n) is 1.78. The molecular weight excluding hydrogens is 222 g/mol. The van der Waals surface area contributed by atoms with Crippen LogP contribution in [0.15, 0.2) is 16.7 Å². The molecule has 17 heavy (non-hydrogen) atoms. The summed E-state index contributed by atoms with van der Waals surface area (Å²) in [4.78, 5) is 21.9. The van der Waals surface area contributed by atoms with Crippen LogP contribution < -0.4 is 11.3 Å². The van der Waals surface area contributed by atoms with Crippen molar-refractivity contribution >= 4 is 23.3 Å². The zero-order valence-electron chi connectivity index (χ0n) is 8.92. The fraction of sp³-hybridized carbons (Fsp3) is 0.300. The standard InChI is InChI=1S/C10H11N5O2/c11-10-13-8-7(9(17)14-10)12-4-15(8)2-5-1-6(5)3-16/h2,4,6,16H,1,3H2,(H3,11,13,14,17)/b5-2+/t6-/m1/s1. The number of anilines is 1. The van der Waals surface area contributed by atoms with Gasteiger partial charge in [0.2, 0.25) is 5.95 Å². The van der Waals surface area contributed by atoms with E-state index in [1.54, 1.807) is 4.57 Å². The Morgan fingerprint density at radius 3 is 3.24 bits per heavy atom. The topological polar surface area (TPSA) is 110 Å². The molecule has 7 nitrogen and oxygen atoms in total. The molecule has 3 rings (SSSR count). The maximum absolute atomic E-state index is 11.5. The SMILES string of the molecule is Nc1nc2c(ncn2/C=C2\C[C@@H]2CO)c(=O)[nH]1. The van der Waals surface area contributed by atoms with Gasteiger partial charge in [-0.25, -0.2) is 4.98 Å². The van der Waals surface area contributed by atoms with E-state index in [4.69, 9.17) is 10.8 Å². The first-order valence-corrected chi connectivity index (χ1v) is 5.23. The van der Waals surface area contributed by atoms with E-state index < -0.39 is 0 Å². The van der Waals surface area contributed by atoms with E-state index in [9.17, 15) is 4.79 Å². The number of aromatic nitrogens is 4. The maximum atomic E-state index is 11.5. The van der Waals surface area contributed by atoms with Crippen molar-refractivity contribution < 1.29 is 5.11 Å². The van der Waals surface area contributed by atoms with Crippen LogP contribution in [0.5, 0.6) is 0 Å². The number of nitrogen functional groups attached to an aromatic ring is 1. The lowest BCUT2D eigenvalue weighted by atomic mass is 10.4. The van der Waals surface area contributed by atoms with Crippen molar-refractivity contribution in [3.05, 3.63) is 22.3 Å². The summed E-state index contributed by atoms with van der Waals surface area (Å²) in [5.74, 6) is 0.295. The fourth-order valence-corrected chi connectivity index (χ4v) is 1.78. The quantitative estimate of drug-likeness (QED) is 0.651. The minimum absolute atomic E-state index is 0.0668. The summed E-state index contributed by atoms with van der Waals surface area (Å²) >= 11 is 0. The van der Waals surface area contributed by atoms with Crippen LogP contribution in [0, 0.1) is 5.92 Å². The van der Waals surface area contributed by atoms with Crippen LogP contribution in [0.1, 0.15) is 6.42 Å². The van der Waals surface area contributed by atoms with Crippen LogP contribution in [0.3, 0.4) is 0 Å². The van der Waals surface area contributed by atoms with Crippen molar-refractivity contribution in [1.82, 2.24) is 19.5 Å². The number of nitrogens with two attached hydrogens (primary N) is 1. The number of hydrogen-bond acceptors (Lipinski definition) is 5. The van der Waals surface area contributed by atoms with Crippen molar-refractivity contribution in [1.29, 1.82) is 0 Å². The normalized spacial score (nSPS) is 21.2. The van der Waals surface area contributed by atoms with E-state index in [1.165, 1.54) is 6.33 Å². The summed E-state index contributed by atoms with van der Waals surface area (Å²) in [6.07, 6.45) is 4.23. The molecule has 2 heterocycles. The lowest BCUT2D eigenvalue weighted by molar-refractivity contribution is 0.281. The summed E-state index contributed by atoms with van der Waals surface area (Å²) in [6.45, 7) is 0.147. The number of H-pyrrole nitrogens is 1. The maximum Gasteiger partial charge on any atom is 0.280 e. The molecule has 0 spiro atoms.